The molecule has 1 aromatic carbocycles. The van der Waals surface area contributed by atoms with Gasteiger partial charge in [0.25, 0.3) is 5.91 Å². The third-order valence-corrected chi connectivity index (χ3v) is 3.92. The number of rotatable bonds is 6. The first-order chi connectivity index (χ1) is 11.6. The maximum atomic E-state index is 11.9. The number of likely N-dealkylation sites (N-methyl/N-ethyl adjacent to an activating group) is 1. The van der Waals surface area contributed by atoms with E-state index in [0.29, 0.717) is 31.3 Å². The average molecular weight is 356 g/mol. The van der Waals surface area contributed by atoms with Crippen LogP contribution in [0.3, 0.4) is 0 Å². The van der Waals surface area contributed by atoms with Crippen LogP contribution >= 0.6 is 11.6 Å². The van der Waals surface area contributed by atoms with Crippen LogP contribution in [0, 0.1) is 0 Å². The van der Waals surface area contributed by atoms with Gasteiger partial charge in [-0.25, -0.2) is 4.79 Å². The van der Waals surface area contributed by atoms with Crippen LogP contribution in [0.1, 0.15) is 6.42 Å². The largest absolute Gasteiger partial charge is 0.494 e. The number of nitrogens with zero attached hydrogens (tertiary/aromatic N) is 1. The summed E-state index contributed by atoms with van der Waals surface area (Å²) in [5.74, 6) is 0.434. The number of hydrogen-bond donors (Lipinski definition) is 2. The van der Waals surface area contributed by atoms with Gasteiger partial charge >= 0.3 is 6.09 Å². The summed E-state index contributed by atoms with van der Waals surface area (Å²) in [6, 6.07) is 7.32. The van der Waals surface area contributed by atoms with Crippen molar-refractivity contribution >= 4 is 23.6 Å². The van der Waals surface area contributed by atoms with E-state index in [9.17, 15) is 9.59 Å². The molecule has 1 unspecified atom stereocenters. The molecule has 1 atom stereocenters. The maximum absolute atomic E-state index is 11.9. The average Bonchev–Trinajstić information content (AvgIpc) is 2.61. The van der Waals surface area contributed by atoms with E-state index in [2.05, 4.69) is 10.6 Å². The first-order valence-electron chi connectivity index (χ1n) is 7.82. The zero-order valence-electron chi connectivity index (χ0n) is 13.6. The summed E-state index contributed by atoms with van der Waals surface area (Å²) in [6.45, 7) is 2.03. The summed E-state index contributed by atoms with van der Waals surface area (Å²) >= 11 is 5.83. The molecule has 0 spiro atoms. The van der Waals surface area contributed by atoms with E-state index in [0.717, 1.165) is 12.2 Å². The molecule has 2 rings (SSSR count). The van der Waals surface area contributed by atoms with Crippen LogP contribution in [-0.4, -0.2) is 62.8 Å². The molecule has 24 heavy (non-hydrogen) atoms. The molecule has 8 heteroatoms. The molecule has 1 fully saturated rings. The molecular weight excluding hydrogens is 334 g/mol. The Balaban J connectivity index is 1.71. The second kappa shape index (κ2) is 9.34. The third-order valence-electron chi connectivity index (χ3n) is 3.67. The molecule has 1 aliphatic heterocycles. The van der Waals surface area contributed by atoms with Gasteiger partial charge in [0, 0.05) is 37.7 Å². The molecule has 0 saturated carbocycles. The van der Waals surface area contributed by atoms with Gasteiger partial charge in [0.05, 0.1) is 6.61 Å². The first-order valence-corrected chi connectivity index (χ1v) is 8.20. The Morgan fingerprint density at radius 2 is 2.12 bits per heavy atom. The Hall–Kier alpha value is -1.99. The lowest BCUT2D eigenvalue weighted by Gasteiger charge is -2.32. The van der Waals surface area contributed by atoms with Crippen molar-refractivity contribution < 1.29 is 19.1 Å². The first kappa shape index (κ1) is 18.4. The molecular formula is C16H22ClN3O4. The van der Waals surface area contributed by atoms with E-state index in [1.54, 1.807) is 17.0 Å². The zero-order valence-corrected chi connectivity index (χ0v) is 14.3. The van der Waals surface area contributed by atoms with Gasteiger partial charge in [-0.15, -0.1) is 0 Å². The third kappa shape index (κ3) is 5.90. The van der Waals surface area contributed by atoms with Crippen LogP contribution in [-0.2, 0) is 9.53 Å². The van der Waals surface area contributed by atoms with Crippen molar-refractivity contribution in [1.29, 1.82) is 0 Å². The van der Waals surface area contributed by atoms with Crippen LogP contribution in [0.2, 0.25) is 5.02 Å². The van der Waals surface area contributed by atoms with Gasteiger partial charge in [0.2, 0.25) is 0 Å². The van der Waals surface area contributed by atoms with E-state index in [1.165, 1.54) is 7.05 Å². The number of benzene rings is 1. The summed E-state index contributed by atoms with van der Waals surface area (Å²) < 4.78 is 10.6. The van der Waals surface area contributed by atoms with Crippen molar-refractivity contribution in [2.75, 3.05) is 39.9 Å². The number of halogens is 1. The van der Waals surface area contributed by atoms with Gasteiger partial charge in [0.1, 0.15) is 5.75 Å². The summed E-state index contributed by atoms with van der Waals surface area (Å²) in [5.41, 5.74) is 0. The number of piperazine rings is 1. The van der Waals surface area contributed by atoms with E-state index in [1.807, 2.05) is 12.1 Å². The molecule has 0 radical (unpaired) electrons. The number of ether oxygens (including phenoxy) is 2. The lowest BCUT2D eigenvalue weighted by molar-refractivity contribution is -0.123. The highest BCUT2D eigenvalue weighted by Crippen LogP contribution is 2.16. The van der Waals surface area contributed by atoms with E-state index in [4.69, 9.17) is 21.1 Å². The topological polar surface area (TPSA) is 79.9 Å². The predicted octanol–water partition coefficient (Wildman–Crippen LogP) is 1.27. The Kier molecular flexibility index (Phi) is 7.14. The van der Waals surface area contributed by atoms with E-state index >= 15 is 0 Å². The van der Waals surface area contributed by atoms with Crippen LogP contribution in [0.15, 0.2) is 24.3 Å². The van der Waals surface area contributed by atoms with Gasteiger partial charge in [-0.05, 0) is 30.7 Å². The van der Waals surface area contributed by atoms with Crippen molar-refractivity contribution in [3.63, 3.8) is 0 Å². The van der Waals surface area contributed by atoms with Crippen molar-refractivity contribution in [1.82, 2.24) is 15.5 Å². The Labute approximate surface area is 146 Å². The highest BCUT2D eigenvalue weighted by atomic mass is 35.5. The number of amides is 2. The van der Waals surface area contributed by atoms with Crippen LogP contribution in [0.25, 0.3) is 0 Å². The van der Waals surface area contributed by atoms with Gasteiger partial charge in [-0.1, -0.05) is 11.6 Å². The van der Waals surface area contributed by atoms with Gasteiger partial charge < -0.3 is 25.0 Å². The Bertz CT molecular complexity index is 553. The van der Waals surface area contributed by atoms with Crippen LogP contribution in [0.4, 0.5) is 4.79 Å². The fraction of sp³-hybridized carbons (Fsp3) is 0.500. The Morgan fingerprint density at radius 1 is 1.38 bits per heavy atom. The van der Waals surface area contributed by atoms with Gasteiger partial charge in [-0.2, -0.15) is 0 Å². The molecule has 1 aromatic rings. The molecule has 0 aliphatic carbocycles. The van der Waals surface area contributed by atoms with Crippen molar-refractivity contribution in [3.8, 4) is 5.75 Å². The highest BCUT2D eigenvalue weighted by Gasteiger charge is 2.24. The predicted molar refractivity (Wildman–Crippen MR) is 90.3 cm³/mol. The zero-order chi connectivity index (χ0) is 17.4. The molecule has 1 saturated heterocycles. The monoisotopic (exact) mass is 355 g/mol. The number of hydrogen-bond acceptors (Lipinski definition) is 5. The molecule has 2 N–H and O–H groups in total. The summed E-state index contributed by atoms with van der Waals surface area (Å²) in [5, 5.41) is 6.42. The number of nitrogens with one attached hydrogen (secondary N) is 2. The molecule has 7 nitrogen and oxygen atoms in total. The second-order valence-corrected chi connectivity index (χ2v) is 5.85. The molecule has 2 amide bonds. The number of carbonyl (C=O) groups excluding carboxylic acids is 2. The highest BCUT2D eigenvalue weighted by molar-refractivity contribution is 6.30. The quantitative estimate of drug-likeness (QED) is 0.803. The molecule has 132 valence electrons. The minimum absolute atomic E-state index is 0.124. The molecule has 1 aliphatic rings. The van der Waals surface area contributed by atoms with Crippen LogP contribution in [0.5, 0.6) is 5.75 Å². The van der Waals surface area contributed by atoms with E-state index in [-0.39, 0.29) is 18.6 Å². The SMILES string of the molecule is CNC(=O)COC(=O)N1CCNC(CCOc2ccc(Cl)cc2)C1. The lowest BCUT2D eigenvalue weighted by Crippen LogP contribution is -2.53. The van der Waals surface area contributed by atoms with Gasteiger partial charge in [-0.3, -0.25) is 4.79 Å². The minimum atomic E-state index is -0.469. The second-order valence-electron chi connectivity index (χ2n) is 5.42. The lowest BCUT2D eigenvalue weighted by atomic mass is 10.1. The van der Waals surface area contributed by atoms with Crippen molar-refractivity contribution in [2.24, 2.45) is 0 Å². The fourth-order valence-electron chi connectivity index (χ4n) is 2.33. The normalized spacial score (nSPS) is 17.2. The summed E-state index contributed by atoms with van der Waals surface area (Å²) in [4.78, 5) is 24.7. The standard InChI is InChI=1S/C16H22ClN3O4/c1-18-15(21)11-24-16(22)20-8-7-19-13(10-20)6-9-23-14-4-2-12(17)3-5-14/h2-5,13,19H,6-11H2,1H3,(H,18,21). The van der Waals surface area contributed by atoms with Crippen molar-refractivity contribution in [2.45, 2.75) is 12.5 Å². The van der Waals surface area contributed by atoms with Crippen LogP contribution < -0.4 is 15.4 Å². The fourth-order valence-corrected chi connectivity index (χ4v) is 2.45. The summed E-state index contributed by atoms with van der Waals surface area (Å²) in [6.07, 6.45) is 0.283. The number of carbonyl (C=O) groups is 2. The smallest absolute Gasteiger partial charge is 0.410 e. The van der Waals surface area contributed by atoms with Gasteiger partial charge in [0.15, 0.2) is 6.61 Å². The van der Waals surface area contributed by atoms with E-state index < -0.39 is 6.09 Å². The molecule has 0 bridgehead atoms. The molecule has 1 heterocycles. The minimum Gasteiger partial charge on any atom is -0.494 e. The maximum Gasteiger partial charge on any atom is 0.410 e. The summed E-state index contributed by atoms with van der Waals surface area (Å²) in [7, 11) is 1.50. The Morgan fingerprint density at radius 3 is 2.83 bits per heavy atom. The molecule has 0 aromatic heterocycles. The van der Waals surface area contributed by atoms with Crippen molar-refractivity contribution in [3.05, 3.63) is 29.3 Å².